The van der Waals surface area contributed by atoms with Crippen molar-refractivity contribution >= 4 is 5.91 Å². The number of hydrogen-bond acceptors (Lipinski definition) is 9. The standard InChI is InChI=1S/C23H28N4O6/c1-5-31-20-9-17(8-15(4)25-20)23-26-22(27-33-23)16-6-13(2)21(14(3)7-16)32-12-18(29)10-24-19(30)11-28/h6-9,18,28-29H,5,10-12H2,1-4H3,(H,24,30)/t18-/m0/s1. The molecule has 0 fully saturated rings. The number of rotatable bonds is 10. The largest absolute Gasteiger partial charge is 0.490 e. The van der Waals surface area contributed by atoms with Crippen molar-refractivity contribution < 1.29 is 29.0 Å². The van der Waals surface area contributed by atoms with E-state index in [1.807, 2.05) is 45.9 Å². The molecule has 10 nitrogen and oxygen atoms in total. The molecule has 3 rings (SSSR count). The Hall–Kier alpha value is -3.50. The molecular weight excluding hydrogens is 428 g/mol. The Morgan fingerprint density at radius 1 is 1.09 bits per heavy atom. The van der Waals surface area contributed by atoms with E-state index in [0.717, 1.165) is 27.9 Å². The molecule has 0 aliphatic carbocycles. The summed E-state index contributed by atoms with van der Waals surface area (Å²) in [6.45, 7) is 7.38. The number of hydrogen-bond donors (Lipinski definition) is 3. The van der Waals surface area contributed by atoms with Crippen LogP contribution in [0.1, 0.15) is 23.7 Å². The lowest BCUT2D eigenvalue weighted by Crippen LogP contribution is -2.36. The highest BCUT2D eigenvalue weighted by atomic mass is 16.5. The third-order valence-electron chi connectivity index (χ3n) is 4.71. The zero-order valence-corrected chi connectivity index (χ0v) is 19.1. The van der Waals surface area contributed by atoms with Crippen molar-refractivity contribution in [2.45, 2.75) is 33.8 Å². The number of ether oxygens (including phenoxy) is 2. The van der Waals surface area contributed by atoms with Gasteiger partial charge in [0, 0.05) is 29.4 Å². The number of pyridine rings is 1. The van der Waals surface area contributed by atoms with E-state index in [4.69, 9.17) is 19.1 Å². The van der Waals surface area contributed by atoms with Gasteiger partial charge in [-0.2, -0.15) is 4.98 Å². The molecule has 33 heavy (non-hydrogen) atoms. The van der Waals surface area contributed by atoms with Crippen molar-refractivity contribution in [3.63, 3.8) is 0 Å². The smallest absolute Gasteiger partial charge is 0.258 e. The molecule has 176 valence electrons. The Labute approximate surface area is 191 Å². The molecule has 0 spiro atoms. The highest BCUT2D eigenvalue weighted by Gasteiger charge is 2.16. The minimum absolute atomic E-state index is 0.0113. The van der Waals surface area contributed by atoms with Gasteiger partial charge in [-0.15, -0.1) is 0 Å². The number of aromatic nitrogens is 3. The fourth-order valence-corrected chi connectivity index (χ4v) is 3.27. The van der Waals surface area contributed by atoms with Gasteiger partial charge in [-0.1, -0.05) is 5.16 Å². The van der Waals surface area contributed by atoms with Crippen LogP contribution < -0.4 is 14.8 Å². The van der Waals surface area contributed by atoms with Crippen molar-refractivity contribution in [2.24, 2.45) is 0 Å². The first-order chi connectivity index (χ1) is 15.8. The molecule has 0 aliphatic rings. The molecule has 0 saturated carbocycles. The Kier molecular flexibility index (Phi) is 7.96. The maximum atomic E-state index is 11.1. The van der Waals surface area contributed by atoms with E-state index < -0.39 is 18.6 Å². The quantitative estimate of drug-likeness (QED) is 0.418. The van der Waals surface area contributed by atoms with Crippen LogP contribution in [0.25, 0.3) is 22.8 Å². The Morgan fingerprint density at radius 2 is 1.82 bits per heavy atom. The number of carbonyl (C=O) groups excluding carboxylic acids is 1. The minimum Gasteiger partial charge on any atom is -0.490 e. The van der Waals surface area contributed by atoms with Crippen LogP contribution in [-0.4, -0.2) is 63.7 Å². The second kappa shape index (κ2) is 10.9. The van der Waals surface area contributed by atoms with Gasteiger partial charge in [0.1, 0.15) is 25.1 Å². The van der Waals surface area contributed by atoms with Gasteiger partial charge in [0.2, 0.25) is 17.6 Å². The lowest BCUT2D eigenvalue weighted by atomic mass is 10.1. The second-order valence-electron chi connectivity index (χ2n) is 7.56. The summed E-state index contributed by atoms with van der Waals surface area (Å²) in [5.41, 5.74) is 3.93. The van der Waals surface area contributed by atoms with Crippen LogP contribution >= 0.6 is 0 Å². The lowest BCUT2D eigenvalue weighted by Gasteiger charge is -2.16. The number of benzene rings is 1. The minimum atomic E-state index is -0.913. The average Bonchev–Trinajstić information content (AvgIpc) is 3.27. The highest BCUT2D eigenvalue weighted by Crippen LogP contribution is 2.31. The van der Waals surface area contributed by atoms with Gasteiger partial charge in [-0.25, -0.2) is 4.98 Å². The number of aliphatic hydroxyl groups is 2. The Balaban J connectivity index is 1.74. The number of amides is 1. The van der Waals surface area contributed by atoms with Crippen LogP contribution in [0.3, 0.4) is 0 Å². The molecule has 1 aromatic carbocycles. The first-order valence-electron chi connectivity index (χ1n) is 10.6. The van der Waals surface area contributed by atoms with Crippen LogP contribution in [0.15, 0.2) is 28.8 Å². The maximum absolute atomic E-state index is 11.1. The third-order valence-corrected chi connectivity index (χ3v) is 4.71. The van der Waals surface area contributed by atoms with Gasteiger partial charge < -0.3 is 29.5 Å². The molecule has 2 aromatic heterocycles. The van der Waals surface area contributed by atoms with Gasteiger partial charge in [0.15, 0.2) is 0 Å². The van der Waals surface area contributed by atoms with E-state index in [2.05, 4.69) is 20.4 Å². The van der Waals surface area contributed by atoms with Crippen molar-refractivity contribution in [2.75, 3.05) is 26.4 Å². The Morgan fingerprint density at radius 3 is 2.48 bits per heavy atom. The predicted octanol–water partition coefficient (Wildman–Crippen LogP) is 1.97. The van der Waals surface area contributed by atoms with E-state index in [0.29, 0.717) is 30.0 Å². The lowest BCUT2D eigenvalue weighted by molar-refractivity contribution is -0.124. The Bertz CT molecular complexity index is 1090. The van der Waals surface area contributed by atoms with Crippen LogP contribution in [0, 0.1) is 20.8 Å². The summed E-state index contributed by atoms with van der Waals surface area (Å²) in [5.74, 6) is 1.36. The number of aryl methyl sites for hydroxylation is 3. The summed E-state index contributed by atoms with van der Waals surface area (Å²) < 4.78 is 16.7. The van der Waals surface area contributed by atoms with Crippen LogP contribution in [0.2, 0.25) is 0 Å². The van der Waals surface area contributed by atoms with Crippen LogP contribution in [0.4, 0.5) is 0 Å². The summed E-state index contributed by atoms with van der Waals surface area (Å²) >= 11 is 0. The fraction of sp³-hybridized carbons (Fsp3) is 0.391. The van der Waals surface area contributed by atoms with Crippen molar-refractivity contribution in [1.82, 2.24) is 20.4 Å². The van der Waals surface area contributed by atoms with Gasteiger partial charge in [0.25, 0.3) is 5.89 Å². The molecule has 0 saturated heterocycles. The van der Waals surface area contributed by atoms with Gasteiger partial charge in [-0.3, -0.25) is 4.79 Å². The number of nitrogens with one attached hydrogen (secondary N) is 1. The van der Waals surface area contributed by atoms with E-state index >= 15 is 0 Å². The molecule has 0 unspecified atom stereocenters. The zero-order valence-electron chi connectivity index (χ0n) is 19.1. The van der Waals surface area contributed by atoms with E-state index in [1.54, 1.807) is 6.07 Å². The van der Waals surface area contributed by atoms with E-state index in [9.17, 15) is 9.90 Å². The molecule has 0 radical (unpaired) electrons. The van der Waals surface area contributed by atoms with Crippen molar-refractivity contribution in [1.29, 1.82) is 0 Å². The first kappa shape index (κ1) is 24.1. The topological polar surface area (TPSA) is 140 Å². The SMILES string of the molecule is CCOc1cc(-c2nc(-c3cc(C)c(OC[C@@H](O)CNC(=O)CO)c(C)c3)no2)cc(C)n1. The zero-order chi connectivity index (χ0) is 24.0. The predicted molar refractivity (Wildman–Crippen MR) is 120 cm³/mol. The first-order valence-corrected chi connectivity index (χ1v) is 10.6. The molecule has 0 aliphatic heterocycles. The van der Waals surface area contributed by atoms with Gasteiger partial charge in [-0.05, 0) is 57.0 Å². The number of carbonyl (C=O) groups is 1. The summed E-state index contributed by atoms with van der Waals surface area (Å²) in [5, 5.41) is 25.2. The molecule has 3 aromatic rings. The van der Waals surface area contributed by atoms with E-state index in [1.165, 1.54) is 0 Å². The van der Waals surface area contributed by atoms with Crippen molar-refractivity contribution in [3.05, 3.63) is 41.1 Å². The molecule has 1 amide bonds. The van der Waals surface area contributed by atoms with Gasteiger partial charge in [0.05, 0.1) is 6.61 Å². The van der Waals surface area contributed by atoms with Crippen LogP contribution in [-0.2, 0) is 4.79 Å². The van der Waals surface area contributed by atoms with Crippen molar-refractivity contribution in [3.8, 4) is 34.5 Å². The molecule has 0 bridgehead atoms. The summed E-state index contributed by atoms with van der Waals surface area (Å²) in [4.78, 5) is 19.9. The molecule has 10 heteroatoms. The molecular formula is C23H28N4O6. The second-order valence-corrected chi connectivity index (χ2v) is 7.56. The highest BCUT2D eigenvalue weighted by molar-refractivity contribution is 5.76. The van der Waals surface area contributed by atoms with E-state index in [-0.39, 0.29) is 13.2 Å². The molecule has 1 atom stereocenters. The van der Waals surface area contributed by atoms with Gasteiger partial charge >= 0.3 is 0 Å². The summed E-state index contributed by atoms with van der Waals surface area (Å²) in [7, 11) is 0. The third kappa shape index (κ3) is 6.27. The number of nitrogens with zero attached hydrogens (tertiary/aromatic N) is 3. The molecule has 3 N–H and O–H groups in total. The summed E-state index contributed by atoms with van der Waals surface area (Å²) in [6.07, 6.45) is -0.913. The monoisotopic (exact) mass is 456 g/mol. The fourth-order valence-electron chi connectivity index (χ4n) is 3.27. The summed E-state index contributed by atoms with van der Waals surface area (Å²) in [6, 6.07) is 7.36. The van der Waals surface area contributed by atoms with Crippen LogP contribution in [0.5, 0.6) is 11.6 Å². The average molecular weight is 456 g/mol. The number of aliphatic hydroxyl groups excluding tert-OH is 2. The molecule has 2 heterocycles. The maximum Gasteiger partial charge on any atom is 0.258 e. The normalized spacial score (nSPS) is 11.8.